The maximum atomic E-state index is 8.64. The Morgan fingerprint density at radius 1 is 1.67 bits per heavy atom. The van der Waals surface area contributed by atoms with E-state index in [9.17, 15) is 0 Å². The van der Waals surface area contributed by atoms with Crippen LogP contribution >= 0.6 is 0 Å². The van der Waals surface area contributed by atoms with Gasteiger partial charge in [-0.25, -0.2) is 0 Å². The minimum atomic E-state index is 0.177. The van der Waals surface area contributed by atoms with Gasteiger partial charge in [-0.2, -0.15) is 0 Å². The lowest BCUT2D eigenvalue weighted by atomic mass is 10.4. The van der Waals surface area contributed by atoms with E-state index >= 15 is 0 Å². The molecule has 0 aliphatic heterocycles. The summed E-state index contributed by atoms with van der Waals surface area (Å²) in [5.74, 6) is 0. The zero-order chi connectivity index (χ0) is 8.97. The zero-order valence-electron chi connectivity index (χ0n) is 7.43. The van der Waals surface area contributed by atoms with Crippen molar-refractivity contribution in [2.75, 3.05) is 20.2 Å². The maximum absolute atomic E-state index is 8.64. The molecule has 1 N–H and O–H groups in total. The predicted molar refractivity (Wildman–Crippen MR) is 44.4 cm³/mol. The molecule has 1 rings (SSSR count). The van der Waals surface area contributed by atoms with Gasteiger partial charge >= 0.3 is 0 Å². The largest absolute Gasteiger partial charge is 0.395 e. The van der Waals surface area contributed by atoms with Gasteiger partial charge in [0.15, 0.2) is 0 Å². The Bertz CT molecular complexity index is 235. The molecule has 5 heteroatoms. The Balaban J connectivity index is 2.41. The summed E-state index contributed by atoms with van der Waals surface area (Å²) in [6, 6.07) is 0. The zero-order valence-corrected chi connectivity index (χ0v) is 7.43. The topological polar surface area (TPSA) is 54.2 Å². The number of aliphatic hydroxyl groups is 1. The van der Waals surface area contributed by atoms with E-state index in [0.29, 0.717) is 6.54 Å². The van der Waals surface area contributed by atoms with Crippen LogP contribution in [0.2, 0.25) is 0 Å². The van der Waals surface area contributed by atoms with Crippen LogP contribution in [0.3, 0.4) is 0 Å². The van der Waals surface area contributed by atoms with Crippen molar-refractivity contribution in [3.05, 3.63) is 11.9 Å². The van der Waals surface area contributed by atoms with Gasteiger partial charge in [0.1, 0.15) is 0 Å². The Labute approximate surface area is 71.6 Å². The lowest BCUT2D eigenvalue weighted by molar-refractivity contribution is 0.216. The van der Waals surface area contributed by atoms with E-state index in [1.165, 1.54) is 0 Å². The molecule has 68 valence electrons. The summed E-state index contributed by atoms with van der Waals surface area (Å²) in [5, 5.41) is 16.4. The number of likely N-dealkylation sites (N-methyl/N-ethyl adjacent to an activating group) is 1. The highest BCUT2D eigenvalue weighted by molar-refractivity contribution is 4.90. The summed E-state index contributed by atoms with van der Waals surface area (Å²) in [5.41, 5.74) is 0.924. The molecule has 0 aliphatic carbocycles. The third kappa shape index (κ3) is 2.60. The highest BCUT2D eigenvalue weighted by Crippen LogP contribution is 1.95. The molecule has 0 saturated carbocycles. The van der Waals surface area contributed by atoms with Crippen LogP contribution in [0.4, 0.5) is 0 Å². The number of aromatic nitrogens is 3. The molecule has 0 aliphatic rings. The second-order valence-electron chi connectivity index (χ2n) is 2.84. The van der Waals surface area contributed by atoms with Crippen LogP contribution in [0, 0.1) is 0 Å². The van der Waals surface area contributed by atoms with Crippen LogP contribution in [0.25, 0.3) is 0 Å². The summed E-state index contributed by atoms with van der Waals surface area (Å²) in [4.78, 5) is 1.99. The average Bonchev–Trinajstić information content (AvgIpc) is 2.36. The summed E-state index contributed by atoms with van der Waals surface area (Å²) in [7, 11) is 3.77. The fraction of sp³-hybridized carbons (Fsp3) is 0.714. The molecule has 0 bridgehead atoms. The van der Waals surface area contributed by atoms with Crippen LogP contribution in [0.15, 0.2) is 6.20 Å². The average molecular weight is 170 g/mol. The van der Waals surface area contributed by atoms with Crippen LogP contribution in [-0.4, -0.2) is 45.2 Å². The molecule has 0 radical (unpaired) electrons. The molecule has 0 aromatic carbocycles. The SMILES string of the molecule is CN(CCO)Cc1cn(C)nn1. The van der Waals surface area contributed by atoms with Crippen molar-refractivity contribution in [3.63, 3.8) is 0 Å². The number of hydrogen-bond donors (Lipinski definition) is 1. The quantitative estimate of drug-likeness (QED) is 0.645. The van der Waals surface area contributed by atoms with Crippen molar-refractivity contribution in [2.45, 2.75) is 6.54 Å². The number of aliphatic hydroxyl groups excluding tert-OH is 1. The monoisotopic (exact) mass is 170 g/mol. The molecule has 0 saturated heterocycles. The van der Waals surface area contributed by atoms with Gasteiger partial charge in [0.2, 0.25) is 0 Å². The Kier molecular flexibility index (Phi) is 3.19. The Hall–Kier alpha value is -0.940. The van der Waals surface area contributed by atoms with Crippen molar-refractivity contribution >= 4 is 0 Å². The van der Waals surface area contributed by atoms with Crippen LogP contribution in [-0.2, 0) is 13.6 Å². The first kappa shape index (κ1) is 9.15. The van der Waals surface area contributed by atoms with Gasteiger partial charge in [0.25, 0.3) is 0 Å². The molecule has 5 nitrogen and oxygen atoms in total. The van der Waals surface area contributed by atoms with Crippen molar-refractivity contribution in [1.82, 2.24) is 19.9 Å². The number of hydrogen-bond acceptors (Lipinski definition) is 4. The first-order chi connectivity index (χ1) is 5.72. The van der Waals surface area contributed by atoms with Crippen LogP contribution in [0.5, 0.6) is 0 Å². The summed E-state index contributed by atoms with van der Waals surface area (Å²) >= 11 is 0. The van der Waals surface area contributed by atoms with Crippen molar-refractivity contribution < 1.29 is 5.11 Å². The van der Waals surface area contributed by atoms with Crippen molar-refractivity contribution in [2.24, 2.45) is 7.05 Å². The fourth-order valence-electron chi connectivity index (χ4n) is 0.994. The summed E-state index contributed by atoms with van der Waals surface area (Å²) in [6.07, 6.45) is 1.87. The summed E-state index contributed by atoms with van der Waals surface area (Å²) < 4.78 is 1.67. The molecular formula is C7H14N4O. The van der Waals surface area contributed by atoms with Crippen LogP contribution < -0.4 is 0 Å². The number of rotatable bonds is 4. The highest BCUT2D eigenvalue weighted by Gasteiger charge is 2.01. The van der Waals surface area contributed by atoms with E-state index in [2.05, 4.69) is 10.3 Å². The van der Waals surface area contributed by atoms with E-state index in [4.69, 9.17) is 5.11 Å². The van der Waals surface area contributed by atoms with E-state index in [1.807, 2.05) is 25.2 Å². The standard InChI is InChI=1S/C7H14N4O/c1-10(3-4-12)5-7-6-11(2)9-8-7/h6,12H,3-5H2,1-2H3. The second kappa shape index (κ2) is 4.18. The molecule has 1 heterocycles. The van der Waals surface area contributed by atoms with Crippen LogP contribution in [0.1, 0.15) is 5.69 Å². The first-order valence-corrected chi connectivity index (χ1v) is 3.87. The normalized spacial score (nSPS) is 11.0. The third-order valence-corrected chi connectivity index (χ3v) is 1.56. The molecule has 1 aromatic rings. The van der Waals surface area contributed by atoms with Gasteiger partial charge in [0, 0.05) is 26.3 Å². The maximum Gasteiger partial charge on any atom is 0.0966 e. The second-order valence-corrected chi connectivity index (χ2v) is 2.84. The predicted octanol–water partition coefficient (Wildman–Crippen LogP) is -0.761. The smallest absolute Gasteiger partial charge is 0.0966 e. The third-order valence-electron chi connectivity index (χ3n) is 1.56. The molecule has 0 spiro atoms. The van der Waals surface area contributed by atoms with Gasteiger partial charge in [-0.05, 0) is 7.05 Å². The van der Waals surface area contributed by atoms with E-state index < -0.39 is 0 Å². The molecule has 0 atom stereocenters. The minimum Gasteiger partial charge on any atom is -0.395 e. The molecule has 1 aromatic heterocycles. The molecule has 0 amide bonds. The Morgan fingerprint density at radius 2 is 2.42 bits per heavy atom. The lowest BCUT2D eigenvalue weighted by Gasteiger charge is -2.11. The van der Waals surface area contributed by atoms with Gasteiger partial charge in [-0.1, -0.05) is 5.21 Å². The number of nitrogens with zero attached hydrogens (tertiary/aromatic N) is 4. The molecule has 12 heavy (non-hydrogen) atoms. The van der Waals surface area contributed by atoms with Gasteiger partial charge in [0.05, 0.1) is 12.3 Å². The van der Waals surface area contributed by atoms with E-state index in [-0.39, 0.29) is 6.61 Å². The van der Waals surface area contributed by atoms with Crippen molar-refractivity contribution in [1.29, 1.82) is 0 Å². The highest BCUT2D eigenvalue weighted by atomic mass is 16.3. The molecule has 0 fully saturated rings. The summed E-state index contributed by atoms with van der Waals surface area (Å²) in [6.45, 7) is 1.57. The van der Waals surface area contributed by atoms with E-state index in [1.54, 1.807) is 4.68 Å². The van der Waals surface area contributed by atoms with E-state index in [0.717, 1.165) is 12.2 Å². The van der Waals surface area contributed by atoms with Gasteiger partial charge < -0.3 is 5.11 Å². The minimum absolute atomic E-state index is 0.177. The molecule has 0 unspecified atom stereocenters. The first-order valence-electron chi connectivity index (χ1n) is 3.87. The Morgan fingerprint density at radius 3 is 2.92 bits per heavy atom. The fourth-order valence-corrected chi connectivity index (χ4v) is 0.994. The van der Waals surface area contributed by atoms with Crippen molar-refractivity contribution in [3.8, 4) is 0 Å². The molecular weight excluding hydrogens is 156 g/mol. The van der Waals surface area contributed by atoms with Gasteiger partial charge in [-0.3, -0.25) is 9.58 Å². The lowest BCUT2D eigenvalue weighted by Crippen LogP contribution is -2.21. The number of aryl methyl sites for hydroxylation is 1. The van der Waals surface area contributed by atoms with Gasteiger partial charge in [-0.15, -0.1) is 5.10 Å².